The summed E-state index contributed by atoms with van der Waals surface area (Å²) in [5, 5.41) is 2.92. The summed E-state index contributed by atoms with van der Waals surface area (Å²) in [4.78, 5) is 14.8. The smallest absolute Gasteiger partial charge is 0.265 e. The fourth-order valence-electron chi connectivity index (χ4n) is 3.44. The van der Waals surface area contributed by atoms with Crippen molar-refractivity contribution in [2.24, 2.45) is 0 Å². The number of nitrogens with zero attached hydrogens (tertiary/aromatic N) is 1. The summed E-state index contributed by atoms with van der Waals surface area (Å²) in [6.45, 7) is 5.03. The Balaban J connectivity index is 1.32. The summed E-state index contributed by atoms with van der Waals surface area (Å²) >= 11 is 0. The molecule has 1 amide bonds. The van der Waals surface area contributed by atoms with Crippen molar-refractivity contribution in [3.8, 4) is 16.9 Å². The lowest BCUT2D eigenvalue weighted by molar-refractivity contribution is -0.122. The minimum absolute atomic E-state index is 0.179. The van der Waals surface area contributed by atoms with E-state index in [4.69, 9.17) is 9.47 Å². The molecular formula is C25H26N2O3. The third-order valence-corrected chi connectivity index (χ3v) is 5.15. The SMILES string of the molecule is C[C@@H](Oc1ccc(-c2ccccc2)cc1)C(=O)Nc1ccc(N2CCOCC2)cc1. The lowest BCUT2D eigenvalue weighted by Crippen LogP contribution is -2.36. The molecule has 0 unspecified atom stereocenters. The number of rotatable bonds is 6. The maximum Gasteiger partial charge on any atom is 0.265 e. The van der Waals surface area contributed by atoms with Crippen LogP contribution in [-0.2, 0) is 9.53 Å². The van der Waals surface area contributed by atoms with E-state index in [-0.39, 0.29) is 5.91 Å². The Bertz CT molecular complexity index is 950. The molecule has 0 aliphatic carbocycles. The molecule has 3 aromatic carbocycles. The number of benzene rings is 3. The molecule has 3 aromatic rings. The van der Waals surface area contributed by atoms with Crippen LogP contribution in [0, 0.1) is 0 Å². The number of hydrogen-bond acceptors (Lipinski definition) is 4. The maximum atomic E-state index is 12.5. The number of carbonyl (C=O) groups is 1. The van der Waals surface area contributed by atoms with Crippen LogP contribution in [0.3, 0.4) is 0 Å². The number of carbonyl (C=O) groups excluding carboxylic acids is 1. The zero-order valence-corrected chi connectivity index (χ0v) is 17.1. The van der Waals surface area contributed by atoms with E-state index < -0.39 is 6.10 Å². The van der Waals surface area contributed by atoms with Gasteiger partial charge in [0.2, 0.25) is 0 Å². The van der Waals surface area contributed by atoms with Crippen molar-refractivity contribution in [3.63, 3.8) is 0 Å². The van der Waals surface area contributed by atoms with Crippen molar-refractivity contribution in [2.45, 2.75) is 13.0 Å². The predicted octanol–water partition coefficient (Wildman–Crippen LogP) is 4.60. The van der Waals surface area contributed by atoms with Crippen LogP contribution in [-0.4, -0.2) is 38.3 Å². The monoisotopic (exact) mass is 402 g/mol. The van der Waals surface area contributed by atoms with E-state index in [1.807, 2.05) is 66.7 Å². The number of morpholine rings is 1. The molecule has 1 N–H and O–H groups in total. The Morgan fingerprint density at radius 2 is 1.53 bits per heavy atom. The topological polar surface area (TPSA) is 50.8 Å². The van der Waals surface area contributed by atoms with E-state index in [0.29, 0.717) is 5.75 Å². The van der Waals surface area contributed by atoms with E-state index >= 15 is 0 Å². The number of ether oxygens (including phenoxy) is 2. The van der Waals surface area contributed by atoms with Gasteiger partial charge in [-0.25, -0.2) is 0 Å². The number of anilines is 2. The second-order valence-corrected chi connectivity index (χ2v) is 7.29. The van der Waals surface area contributed by atoms with Crippen molar-refractivity contribution in [3.05, 3.63) is 78.9 Å². The van der Waals surface area contributed by atoms with Crippen molar-refractivity contribution >= 4 is 17.3 Å². The molecule has 154 valence electrons. The van der Waals surface area contributed by atoms with E-state index in [1.54, 1.807) is 6.92 Å². The highest BCUT2D eigenvalue weighted by molar-refractivity contribution is 5.94. The fraction of sp³-hybridized carbons (Fsp3) is 0.240. The van der Waals surface area contributed by atoms with Gasteiger partial charge in [0, 0.05) is 24.5 Å². The van der Waals surface area contributed by atoms with Crippen LogP contribution in [0.2, 0.25) is 0 Å². The summed E-state index contributed by atoms with van der Waals surface area (Å²) in [6, 6.07) is 25.8. The van der Waals surface area contributed by atoms with Gasteiger partial charge >= 0.3 is 0 Å². The van der Waals surface area contributed by atoms with Gasteiger partial charge in [0.25, 0.3) is 5.91 Å². The molecule has 30 heavy (non-hydrogen) atoms. The Morgan fingerprint density at radius 1 is 0.900 bits per heavy atom. The zero-order valence-electron chi connectivity index (χ0n) is 17.1. The number of hydrogen-bond donors (Lipinski definition) is 1. The Hall–Kier alpha value is -3.31. The molecular weight excluding hydrogens is 376 g/mol. The standard InChI is InChI=1S/C25H26N2O3/c1-19(30-24-13-7-21(8-14-24)20-5-3-2-4-6-20)25(28)26-22-9-11-23(12-10-22)27-15-17-29-18-16-27/h2-14,19H,15-18H2,1H3,(H,26,28)/t19-/m1/s1. The van der Waals surface area contributed by atoms with Crippen molar-refractivity contribution < 1.29 is 14.3 Å². The first-order valence-corrected chi connectivity index (χ1v) is 10.2. The average molecular weight is 402 g/mol. The summed E-state index contributed by atoms with van der Waals surface area (Å²) in [5.41, 5.74) is 4.15. The van der Waals surface area contributed by atoms with Gasteiger partial charge in [0.05, 0.1) is 13.2 Å². The van der Waals surface area contributed by atoms with Crippen molar-refractivity contribution in [2.75, 3.05) is 36.5 Å². The minimum atomic E-state index is -0.605. The molecule has 1 saturated heterocycles. The van der Waals surface area contributed by atoms with Crippen LogP contribution >= 0.6 is 0 Å². The lowest BCUT2D eigenvalue weighted by atomic mass is 10.1. The predicted molar refractivity (Wildman–Crippen MR) is 120 cm³/mol. The molecule has 5 nitrogen and oxygen atoms in total. The molecule has 1 fully saturated rings. The molecule has 1 heterocycles. The van der Waals surface area contributed by atoms with Crippen LogP contribution in [0.5, 0.6) is 5.75 Å². The third-order valence-electron chi connectivity index (χ3n) is 5.15. The zero-order chi connectivity index (χ0) is 20.8. The number of amides is 1. The van der Waals surface area contributed by atoms with Gasteiger partial charge in [0.15, 0.2) is 6.10 Å². The maximum absolute atomic E-state index is 12.5. The molecule has 0 spiro atoms. The quantitative estimate of drug-likeness (QED) is 0.655. The molecule has 0 saturated carbocycles. The second-order valence-electron chi connectivity index (χ2n) is 7.29. The third kappa shape index (κ3) is 4.99. The van der Waals surface area contributed by atoms with Crippen molar-refractivity contribution in [1.29, 1.82) is 0 Å². The normalized spacial score (nSPS) is 14.8. The molecule has 5 heteroatoms. The largest absolute Gasteiger partial charge is 0.481 e. The Kier molecular flexibility index (Phi) is 6.30. The first kappa shape index (κ1) is 20.0. The van der Waals surface area contributed by atoms with E-state index in [1.165, 1.54) is 0 Å². The van der Waals surface area contributed by atoms with Gasteiger partial charge in [-0.2, -0.15) is 0 Å². The summed E-state index contributed by atoms with van der Waals surface area (Å²) < 4.78 is 11.2. The van der Waals surface area contributed by atoms with Crippen LogP contribution in [0.25, 0.3) is 11.1 Å². The highest BCUT2D eigenvalue weighted by Gasteiger charge is 2.16. The molecule has 1 atom stereocenters. The molecule has 0 aromatic heterocycles. The Labute approximate surface area is 177 Å². The van der Waals surface area contributed by atoms with Gasteiger partial charge < -0.3 is 19.7 Å². The second kappa shape index (κ2) is 9.46. The molecule has 0 radical (unpaired) electrons. The van der Waals surface area contributed by atoms with Crippen LogP contribution in [0.4, 0.5) is 11.4 Å². The molecule has 1 aliphatic heterocycles. The number of nitrogens with one attached hydrogen (secondary N) is 1. The first-order chi connectivity index (χ1) is 14.7. The molecule has 4 rings (SSSR count). The average Bonchev–Trinajstić information content (AvgIpc) is 2.81. The Morgan fingerprint density at radius 3 is 2.20 bits per heavy atom. The minimum Gasteiger partial charge on any atom is -0.481 e. The van der Waals surface area contributed by atoms with Crippen LogP contribution < -0.4 is 15.0 Å². The van der Waals surface area contributed by atoms with Gasteiger partial charge in [0.1, 0.15) is 5.75 Å². The summed E-state index contributed by atoms with van der Waals surface area (Å²) in [6.07, 6.45) is -0.605. The van der Waals surface area contributed by atoms with E-state index in [9.17, 15) is 4.79 Å². The van der Waals surface area contributed by atoms with Gasteiger partial charge in [-0.05, 0) is 54.4 Å². The highest BCUT2D eigenvalue weighted by Crippen LogP contribution is 2.23. The van der Waals surface area contributed by atoms with Crippen LogP contribution in [0.15, 0.2) is 78.9 Å². The molecule has 1 aliphatic rings. The molecule has 0 bridgehead atoms. The van der Waals surface area contributed by atoms with E-state index in [2.05, 4.69) is 22.3 Å². The summed E-state index contributed by atoms with van der Waals surface area (Å²) in [5.74, 6) is 0.487. The van der Waals surface area contributed by atoms with Crippen LogP contribution in [0.1, 0.15) is 6.92 Å². The summed E-state index contributed by atoms with van der Waals surface area (Å²) in [7, 11) is 0. The fourth-order valence-corrected chi connectivity index (χ4v) is 3.44. The van der Waals surface area contributed by atoms with Gasteiger partial charge in [-0.15, -0.1) is 0 Å². The van der Waals surface area contributed by atoms with Gasteiger partial charge in [-0.3, -0.25) is 4.79 Å². The van der Waals surface area contributed by atoms with Gasteiger partial charge in [-0.1, -0.05) is 42.5 Å². The lowest BCUT2D eigenvalue weighted by Gasteiger charge is -2.29. The first-order valence-electron chi connectivity index (χ1n) is 10.2. The van der Waals surface area contributed by atoms with Crippen molar-refractivity contribution in [1.82, 2.24) is 0 Å². The highest BCUT2D eigenvalue weighted by atomic mass is 16.5. The van der Waals surface area contributed by atoms with E-state index in [0.717, 1.165) is 48.8 Å².